The summed E-state index contributed by atoms with van der Waals surface area (Å²) in [7, 11) is -3.78. The fourth-order valence-electron chi connectivity index (χ4n) is 2.47. The Kier molecular flexibility index (Phi) is 4.65. The Morgan fingerprint density at radius 2 is 2.14 bits per heavy atom. The maximum Gasteiger partial charge on any atom is 0.238 e. The molecule has 0 aromatic heterocycles. The summed E-state index contributed by atoms with van der Waals surface area (Å²) >= 11 is 0. The number of nitrogens with one attached hydrogen (secondary N) is 2. The number of hydrogen-bond donors (Lipinski definition) is 3. The monoisotopic (exact) mass is 311 g/mol. The number of carbonyl (C=O) groups excluding carboxylic acids is 1. The smallest absolute Gasteiger partial charge is 0.238 e. The average Bonchev–Trinajstić information content (AvgIpc) is 2.86. The van der Waals surface area contributed by atoms with Crippen molar-refractivity contribution in [2.75, 3.05) is 18.4 Å². The minimum atomic E-state index is -3.78. The molecule has 1 aromatic rings. The summed E-state index contributed by atoms with van der Waals surface area (Å²) in [5.41, 5.74) is 2.13. The van der Waals surface area contributed by atoms with Crippen molar-refractivity contribution in [1.82, 2.24) is 5.32 Å². The molecule has 0 bridgehead atoms. The Labute approximate surface area is 125 Å². The summed E-state index contributed by atoms with van der Waals surface area (Å²) in [6.07, 6.45) is 1.42. The Balaban J connectivity index is 2.18. The van der Waals surface area contributed by atoms with Gasteiger partial charge in [-0.25, -0.2) is 13.6 Å². The lowest BCUT2D eigenvalue weighted by atomic mass is 10.0. The molecule has 1 saturated heterocycles. The summed E-state index contributed by atoms with van der Waals surface area (Å²) in [6, 6.07) is 2.93. The van der Waals surface area contributed by atoms with E-state index in [1.165, 1.54) is 12.1 Å². The van der Waals surface area contributed by atoms with E-state index < -0.39 is 10.0 Å². The SMILES string of the molecule is Cc1cc(S(N)(=O)=O)cc(NC(=O)CC2CCNC2)c1C. The highest BCUT2D eigenvalue weighted by Gasteiger charge is 2.19. The quantitative estimate of drug-likeness (QED) is 0.768. The first-order chi connectivity index (χ1) is 9.77. The lowest BCUT2D eigenvalue weighted by Crippen LogP contribution is -2.20. The van der Waals surface area contributed by atoms with Crippen LogP contribution in [0.1, 0.15) is 24.0 Å². The molecule has 2 rings (SSSR count). The van der Waals surface area contributed by atoms with Gasteiger partial charge >= 0.3 is 0 Å². The third-order valence-electron chi connectivity index (χ3n) is 3.88. The van der Waals surface area contributed by atoms with Crippen LogP contribution in [0.15, 0.2) is 17.0 Å². The van der Waals surface area contributed by atoms with E-state index in [1.54, 1.807) is 6.92 Å². The van der Waals surface area contributed by atoms with Gasteiger partial charge in [-0.1, -0.05) is 0 Å². The van der Waals surface area contributed by atoms with Gasteiger partial charge in [0.2, 0.25) is 15.9 Å². The predicted octanol–water partition coefficient (Wildman–Crippen LogP) is 0.889. The molecule has 1 atom stereocenters. The van der Waals surface area contributed by atoms with Crippen molar-refractivity contribution >= 4 is 21.6 Å². The number of anilines is 1. The third kappa shape index (κ3) is 4.03. The van der Waals surface area contributed by atoms with E-state index in [1.807, 2.05) is 6.92 Å². The highest BCUT2D eigenvalue weighted by atomic mass is 32.2. The molecule has 21 heavy (non-hydrogen) atoms. The fraction of sp³-hybridized carbons (Fsp3) is 0.500. The van der Waals surface area contributed by atoms with Gasteiger partial charge in [-0.2, -0.15) is 0 Å². The van der Waals surface area contributed by atoms with E-state index in [9.17, 15) is 13.2 Å². The van der Waals surface area contributed by atoms with Crippen LogP contribution in [-0.4, -0.2) is 27.4 Å². The second-order valence-corrected chi connectivity index (χ2v) is 7.13. The first kappa shape index (κ1) is 15.9. The molecule has 1 heterocycles. The van der Waals surface area contributed by atoms with Crippen molar-refractivity contribution in [1.29, 1.82) is 0 Å². The summed E-state index contributed by atoms with van der Waals surface area (Å²) in [5, 5.41) is 11.2. The zero-order valence-electron chi connectivity index (χ0n) is 12.3. The van der Waals surface area contributed by atoms with Crippen molar-refractivity contribution in [2.45, 2.75) is 31.6 Å². The van der Waals surface area contributed by atoms with E-state index in [0.717, 1.165) is 30.6 Å². The molecule has 0 saturated carbocycles. The Morgan fingerprint density at radius 1 is 1.43 bits per heavy atom. The second kappa shape index (κ2) is 6.13. The molecule has 0 aliphatic carbocycles. The Hall–Kier alpha value is -1.44. The van der Waals surface area contributed by atoms with Gasteiger partial charge in [-0.15, -0.1) is 0 Å². The average molecular weight is 311 g/mol. The number of carbonyl (C=O) groups is 1. The molecule has 0 radical (unpaired) electrons. The topological polar surface area (TPSA) is 101 Å². The van der Waals surface area contributed by atoms with Gasteiger partial charge < -0.3 is 10.6 Å². The van der Waals surface area contributed by atoms with Crippen LogP contribution in [0.2, 0.25) is 0 Å². The van der Waals surface area contributed by atoms with Crippen molar-refractivity contribution < 1.29 is 13.2 Å². The molecule has 7 heteroatoms. The zero-order chi connectivity index (χ0) is 15.6. The van der Waals surface area contributed by atoms with Crippen molar-refractivity contribution in [3.8, 4) is 0 Å². The van der Waals surface area contributed by atoms with Gasteiger partial charge in [0.25, 0.3) is 0 Å². The molecule has 6 nitrogen and oxygen atoms in total. The summed E-state index contributed by atoms with van der Waals surface area (Å²) in [6.45, 7) is 5.43. The molecule has 0 spiro atoms. The molecular formula is C14H21N3O3S. The highest BCUT2D eigenvalue weighted by molar-refractivity contribution is 7.89. The van der Waals surface area contributed by atoms with Gasteiger partial charge in [0.1, 0.15) is 0 Å². The molecule has 4 N–H and O–H groups in total. The Bertz CT molecular complexity index is 650. The summed E-state index contributed by atoms with van der Waals surface area (Å²) < 4.78 is 22.9. The van der Waals surface area contributed by atoms with Crippen LogP contribution < -0.4 is 15.8 Å². The summed E-state index contributed by atoms with van der Waals surface area (Å²) in [5.74, 6) is 0.241. The summed E-state index contributed by atoms with van der Waals surface area (Å²) in [4.78, 5) is 12.1. The van der Waals surface area contributed by atoms with Gasteiger partial charge in [0, 0.05) is 12.1 Å². The fourth-order valence-corrected chi connectivity index (χ4v) is 3.10. The number of primary sulfonamides is 1. The number of sulfonamides is 1. The second-order valence-electron chi connectivity index (χ2n) is 5.57. The van der Waals surface area contributed by atoms with Crippen LogP contribution in [-0.2, 0) is 14.8 Å². The molecule has 1 aromatic carbocycles. The standard InChI is InChI=1S/C14H21N3O3S/c1-9-5-12(21(15,19)20)7-13(10(9)2)17-14(18)6-11-3-4-16-8-11/h5,7,11,16H,3-4,6,8H2,1-2H3,(H,17,18)(H2,15,19,20). The van der Waals surface area contributed by atoms with Gasteiger partial charge in [-0.3, -0.25) is 4.79 Å². The maximum atomic E-state index is 12.1. The third-order valence-corrected chi connectivity index (χ3v) is 4.77. The number of nitrogens with two attached hydrogens (primary N) is 1. The molecule has 1 amide bonds. The van der Waals surface area contributed by atoms with Gasteiger partial charge in [0.15, 0.2) is 0 Å². The lowest BCUT2D eigenvalue weighted by Gasteiger charge is -2.14. The lowest BCUT2D eigenvalue weighted by molar-refractivity contribution is -0.117. The largest absolute Gasteiger partial charge is 0.326 e. The van der Waals surface area contributed by atoms with E-state index in [2.05, 4.69) is 10.6 Å². The van der Waals surface area contributed by atoms with Gasteiger partial charge in [-0.05, 0) is 62.5 Å². The van der Waals surface area contributed by atoms with Crippen molar-refractivity contribution in [3.05, 3.63) is 23.3 Å². The molecule has 1 aliphatic rings. The Morgan fingerprint density at radius 3 is 2.71 bits per heavy atom. The minimum absolute atomic E-state index is 0.0171. The number of aryl methyl sites for hydroxylation is 1. The van der Waals surface area contributed by atoms with E-state index >= 15 is 0 Å². The molecule has 116 valence electrons. The zero-order valence-corrected chi connectivity index (χ0v) is 13.1. The van der Waals surface area contributed by atoms with E-state index in [-0.39, 0.29) is 10.8 Å². The van der Waals surface area contributed by atoms with Crippen LogP contribution in [0.25, 0.3) is 0 Å². The number of hydrogen-bond acceptors (Lipinski definition) is 4. The normalized spacial score (nSPS) is 18.7. The molecule has 1 unspecified atom stereocenters. The first-order valence-corrected chi connectivity index (χ1v) is 8.46. The van der Waals surface area contributed by atoms with Gasteiger partial charge in [0.05, 0.1) is 4.90 Å². The van der Waals surface area contributed by atoms with Crippen LogP contribution in [0.4, 0.5) is 5.69 Å². The molecule has 1 aliphatic heterocycles. The number of amides is 1. The molecule has 1 fully saturated rings. The van der Waals surface area contributed by atoms with Crippen LogP contribution in [0.5, 0.6) is 0 Å². The van der Waals surface area contributed by atoms with E-state index in [0.29, 0.717) is 18.0 Å². The van der Waals surface area contributed by atoms with Crippen molar-refractivity contribution in [3.63, 3.8) is 0 Å². The van der Waals surface area contributed by atoms with Crippen LogP contribution >= 0.6 is 0 Å². The maximum absolute atomic E-state index is 12.1. The highest BCUT2D eigenvalue weighted by Crippen LogP contribution is 2.24. The van der Waals surface area contributed by atoms with Crippen LogP contribution in [0.3, 0.4) is 0 Å². The minimum Gasteiger partial charge on any atom is -0.326 e. The first-order valence-electron chi connectivity index (χ1n) is 6.92. The predicted molar refractivity (Wildman–Crippen MR) is 81.5 cm³/mol. The van der Waals surface area contributed by atoms with E-state index in [4.69, 9.17) is 5.14 Å². The van der Waals surface area contributed by atoms with Crippen LogP contribution in [0, 0.1) is 19.8 Å². The number of benzene rings is 1. The molecular weight excluding hydrogens is 290 g/mol. The number of rotatable bonds is 4. The van der Waals surface area contributed by atoms with Crippen molar-refractivity contribution in [2.24, 2.45) is 11.1 Å².